The molecule has 0 radical (unpaired) electrons. The molecular formula is C11H21NO5S2. The van der Waals surface area contributed by atoms with E-state index in [2.05, 4.69) is 0 Å². The van der Waals surface area contributed by atoms with Crippen molar-refractivity contribution in [1.82, 2.24) is 4.31 Å². The second-order valence-corrected chi connectivity index (χ2v) is 10.1. The maximum absolute atomic E-state index is 12.5. The highest BCUT2D eigenvalue weighted by Crippen LogP contribution is 2.26. The van der Waals surface area contributed by atoms with Crippen LogP contribution in [0.3, 0.4) is 0 Å². The summed E-state index contributed by atoms with van der Waals surface area (Å²) in [6.07, 6.45) is 0.389. The highest BCUT2D eigenvalue weighted by molar-refractivity contribution is 7.92. The summed E-state index contributed by atoms with van der Waals surface area (Å²) in [5, 5.41) is 9.05. The molecule has 19 heavy (non-hydrogen) atoms. The molecule has 0 amide bonds. The SMILES string of the molecule is CC1CN(S(=O)(=O)C2CCS(=O)(=O)CC2)CCC1O. The molecule has 2 unspecified atom stereocenters. The molecule has 2 rings (SSSR count). The average Bonchev–Trinajstić information content (AvgIpc) is 2.32. The molecule has 2 aliphatic rings. The van der Waals surface area contributed by atoms with Crippen LogP contribution in [-0.2, 0) is 19.9 Å². The maximum atomic E-state index is 12.5. The number of hydrogen-bond acceptors (Lipinski definition) is 5. The van der Waals surface area contributed by atoms with Crippen LogP contribution in [0.2, 0.25) is 0 Å². The van der Waals surface area contributed by atoms with E-state index in [0.717, 1.165) is 0 Å². The lowest BCUT2D eigenvalue weighted by Crippen LogP contribution is -2.49. The molecule has 2 saturated heterocycles. The number of rotatable bonds is 2. The molecule has 0 aromatic carbocycles. The van der Waals surface area contributed by atoms with Crippen LogP contribution < -0.4 is 0 Å². The summed E-state index contributed by atoms with van der Waals surface area (Å²) in [6, 6.07) is 0. The van der Waals surface area contributed by atoms with Crippen molar-refractivity contribution >= 4 is 19.9 Å². The van der Waals surface area contributed by atoms with Gasteiger partial charge in [-0.15, -0.1) is 0 Å². The molecule has 112 valence electrons. The van der Waals surface area contributed by atoms with Crippen molar-refractivity contribution in [2.24, 2.45) is 5.92 Å². The molecule has 0 bridgehead atoms. The molecule has 0 aliphatic carbocycles. The van der Waals surface area contributed by atoms with Crippen LogP contribution in [0.4, 0.5) is 0 Å². The first kappa shape index (κ1) is 15.2. The van der Waals surface area contributed by atoms with E-state index < -0.39 is 31.2 Å². The Hall–Kier alpha value is -0.180. The Balaban J connectivity index is 2.07. The molecular weight excluding hydrogens is 290 g/mol. The van der Waals surface area contributed by atoms with Gasteiger partial charge >= 0.3 is 0 Å². The fourth-order valence-electron chi connectivity index (χ4n) is 2.70. The van der Waals surface area contributed by atoms with Crippen LogP contribution in [0.1, 0.15) is 26.2 Å². The number of aliphatic hydroxyl groups is 1. The lowest BCUT2D eigenvalue weighted by atomic mass is 9.99. The van der Waals surface area contributed by atoms with Crippen LogP contribution in [0.5, 0.6) is 0 Å². The first-order valence-electron chi connectivity index (χ1n) is 6.60. The molecule has 0 aromatic heterocycles. The van der Waals surface area contributed by atoms with E-state index in [1.54, 1.807) is 0 Å². The number of nitrogens with zero attached hydrogens (tertiary/aromatic N) is 1. The molecule has 6 nitrogen and oxygen atoms in total. The second-order valence-electron chi connectivity index (χ2n) is 5.59. The quantitative estimate of drug-likeness (QED) is 0.749. The highest BCUT2D eigenvalue weighted by atomic mass is 32.2. The summed E-state index contributed by atoms with van der Waals surface area (Å²) in [6.45, 7) is 2.49. The third kappa shape index (κ3) is 3.29. The van der Waals surface area contributed by atoms with Gasteiger partial charge in [0.25, 0.3) is 0 Å². The standard InChI is InChI=1S/C11H21NO5S2/c1-9-8-12(5-2-11(9)13)19(16,17)10-3-6-18(14,15)7-4-10/h9-11,13H,2-8H2,1H3. The zero-order chi connectivity index (χ0) is 14.3. The average molecular weight is 311 g/mol. The van der Waals surface area contributed by atoms with Crippen LogP contribution >= 0.6 is 0 Å². The minimum atomic E-state index is -3.43. The Morgan fingerprint density at radius 3 is 2.26 bits per heavy atom. The van der Waals surface area contributed by atoms with Gasteiger partial charge < -0.3 is 5.11 Å². The molecule has 1 N–H and O–H groups in total. The number of hydrogen-bond donors (Lipinski definition) is 1. The van der Waals surface area contributed by atoms with Crippen molar-refractivity contribution < 1.29 is 21.9 Å². The molecule has 2 fully saturated rings. The molecule has 0 spiro atoms. The van der Waals surface area contributed by atoms with Crippen molar-refractivity contribution in [3.63, 3.8) is 0 Å². The van der Waals surface area contributed by atoms with Crippen molar-refractivity contribution in [3.8, 4) is 0 Å². The summed E-state index contributed by atoms with van der Waals surface area (Å²) in [7, 11) is -6.48. The van der Waals surface area contributed by atoms with Crippen LogP contribution in [-0.4, -0.2) is 62.2 Å². The molecule has 0 aromatic rings. The number of aliphatic hydroxyl groups excluding tert-OH is 1. The van der Waals surface area contributed by atoms with Gasteiger partial charge in [-0.3, -0.25) is 0 Å². The highest BCUT2D eigenvalue weighted by Gasteiger charge is 2.39. The predicted molar refractivity (Wildman–Crippen MR) is 72.0 cm³/mol. The Kier molecular flexibility index (Phi) is 4.25. The fourth-order valence-corrected chi connectivity index (χ4v) is 6.55. The topological polar surface area (TPSA) is 91.8 Å². The Morgan fingerprint density at radius 1 is 1.16 bits per heavy atom. The third-order valence-electron chi connectivity index (χ3n) is 4.11. The van der Waals surface area contributed by atoms with Gasteiger partial charge in [0.15, 0.2) is 0 Å². The monoisotopic (exact) mass is 311 g/mol. The van der Waals surface area contributed by atoms with E-state index >= 15 is 0 Å². The molecule has 2 heterocycles. The van der Waals surface area contributed by atoms with Gasteiger partial charge in [-0.2, -0.15) is 0 Å². The lowest BCUT2D eigenvalue weighted by Gasteiger charge is -2.36. The minimum Gasteiger partial charge on any atom is -0.393 e. The molecule has 8 heteroatoms. The second kappa shape index (κ2) is 5.31. The first-order chi connectivity index (χ1) is 8.72. The van der Waals surface area contributed by atoms with Crippen LogP contribution in [0, 0.1) is 5.92 Å². The molecule has 0 saturated carbocycles. The zero-order valence-electron chi connectivity index (χ0n) is 11.0. The van der Waals surface area contributed by atoms with Crippen molar-refractivity contribution in [2.75, 3.05) is 24.6 Å². The van der Waals surface area contributed by atoms with Crippen LogP contribution in [0.15, 0.2) is 0 Å². The van der Waals surface area contributed by atoms with Crippen molar-refractivity contribution in [1.29, 1.82) is 0 Å². The van der Waals surface area contributed by atoms with E-state index in [1.165, 1.54) is 4.31 Å². The van der Waals surface area contributed by atoms with E-state index in [1.807, 2.05) is 6.92 Å². The minimum absolute atomic E-state index is 0.0388. The number of sulfone groups is 1. The largest absolute Gasteiger partial charge is 0.393 e. The number of sulfonamides is 1. The summed E-state index contributed by atoms with van der Waals surface area (Å²) >= 11 is 0. The van der Waals surface area contributed by atoms with Gasteiger partial charge in [0.05, 0.1) is 22.9 Å². The third-order valence-corrected chi connectivity index (χ3v) is 8.19. The molecule has 2 atom stereocenters. The smallest absolute Gasteiger partial charge is 0.217 e. The summed E-state index contributed by atoms with van der Waals surface area (Å²) in [5.74, 6) is -0.151. The summed E-state index contributed by atoms with van der Waals surface area (Å²) in [5.41, 5.74) is 0. The van der Waals surface area contributed by atoms with E-state index in [-0.39, 0.29) is 30.3 Å². The van der Waals surface area contributed by atoms with Gasteiger partial charge in [0.2, 0.25) is 10.0 Å². The number of piperidine rings is 1. The fraction of sp³-hybridized carbons (Fsp3) is 1.00. The van der Waals surface area contributed by atoms with Gasteiger partial charge in [0.1, 0.15) is 9.84 Å². The first-order valence-corrected chi connectivity index (χ1v) is 9.92. The van der Waals surface area contributed by atoms with Gasteiger partial charge in [-0.25, -0.2) is 21.1 Å². The van der Waals surface area contributed by atoms with Crippen molar-refractivity contribution in [3.05, 3.63) is 0 Å². The Labute approximate surface area is 114 Å². The zero-order valence-corrected chi connectivity index (χ0v) is 12.7. The van der Waals surface area contributed by atoms with Crippen molar-refractivity contribution in [2.45, 2.75) is 37.5 Å². The summed E-state index contributed by atoms with van der Waals surface area (Å²) in [4.78, 5) is 0. The lowest BCUT2D eigenvalue weighted by molar-refractivity contribution is 0.0625. The normalized spacial score (nSPS) is 34.2. The van der Waals surface area contributed by atoms with Gasteiger partial charge in [-0.1, -0.05) is 6.92 Å². The van der Waals surface area contributed by atoms with Gasteiger partial charge in [-0.05, 0) is 25.2 Å². The van der Waals surface area contributed by atoms with Crippen LogP contribution in [0.25, 0.3) is 0 Å². The predicted octanol–water partition coefficient (Wildman–Crippen LogP) is -0.404. The maximum Gasteiger partial charge on any atom is 0.217 e. The van der Waals surface area contributed by atoms with E-state index in [9.17, 15) is 21.9 Å². The Bertz CT molecular complexity index is 513. The van der Waals surface area contributed by atoms with Gasteiger partial charge in [0, 0.05) is 13.1 Å². The van der Waals surface area contributed by atoms with E-state index in [0.29, 0.717) is 19.5 Å². The Morgan fingerprint density at radius 2 is 1.74 bits per heavy atom. The van der Waals surface area contributed by atoms with E-state index in [4.69, 9.17) is 0 Å². The summed E-state index contributed by atoms with van der Waals surface area (Å²) < 4.78 is 49.0. The molecule has 2 aliphatic heterocycles.